The summed E-state index contributed by atoms with van der Waals surface area (Å²) in [5.41, 5.74) is 2.69. The standard InChI is InChI=1S/C37H37FN8O6/c1-20(52-15-3-5-21-4-2-6-24-33(21)37(51)46(36(24)50)29-10-12-32(47)45-35(29)49)26(38)19-41-34(48)25-18-40-31(16-28(25)42-23-8-9-23)44-30-11-7-22-17-39-14-13-27(22)43-30/h2,4,6-7,11,13-14,16-18,20,23,26,29H,3,5,8-10,12,15,19H2,1H3,(H,41,48)(H,45,47,49)(H2,40,42,43,44). The van der Waals surface area contributed by atoms with Crippen molar-refractivity contribution in [3.63, 3.8) is 0 Å². The van der Waals surface area contributed by atoms with Gasteiger partial charge in [-0.2, -0.15) is 0 Å². The van der Waals surface area contributed by atoms with Gasteiger partial charge in [0.2, 0.25) is 11.8 Å². The van der Waals surface area contributed by atoms with E-state index >= 15 is 4.39 Å². The van der Waals surface area contributed by atoms with Gasteiger partial charge < -0.3 is 20.7 Å². The first-order valence-electron chi connectivity index (χ1n) is 17.3. The number of imide groups is 2. The SMILES string of the molecule is CC(OCCCc1cccc2c1C(=O)N(C1CCC(=O)NC1=O)C2=O)C(F)CNC(=O)c1cnc(Nc2ccc3cnccc3n2)cc1NC1CC1. The number of halogens is 1. The van der Waals surface area contributed by atoms with Gasteiger partial charge in [0.25, 0.3) is 17.7 Å². The quantitative estimate of drug-likeness (QED) is 0.110. The van der Waals surface area contributed by atoms with E-state index < -0.39 is 47.9 Å². The van der Waals surface area contributed by atoms with E-state index in [-0.39, 0.29) is 48.7 Å². The fraction of sp³-hybridized carbons (Fsp3) is 0.351. The number of hydrogen-bond donors (Lipinski definition) is 4. The Bertz CT molecular complexity index is 2070. The zero-order valence-corrected chi connectivity index (χ0v) is 28.4. The predicted octanol–water partition coefficient (Wildman–Crippen LogP) is 3.85. The van der Waals surface area contributed by atoms with Crippen LogP contribution in [0.1, 0.15) is 75.7 Å². The van der Waals surface area contributed by atoms with Crippen LogP contribution >= 0.6 is 0 Å². The third-order valence-corrected chi connectivity index (χ3v) is 9.32. The molecule has 3 aromatic heterocycles. The number of carbonyl (C=O) groups excluding carboxylic acids is 5. The van der Waals surface area contributed by atoms with Crippen molar-refractivity contribution in [1.82, 2.24) is 30.5 Å². The van der Waals surface area contributed by atoms with Crippen LogP contribution < -0.4 is 21.3 Å². The predicted molar refractivity (Wildman–Crippen MR) is 188 cm³/mol. The van der Waals surface area contributed by atoms with Gasteiger partial charge in [0.15, 0.2) is 0 Å². The number of carbonyl (C=O) groups is 5. The van der Waals surface area contributed by atoms with Gasteiger partial charge in [0.05, 0.1) is 40.5 Å². The van der Waals surface area contributed by atoms with Gasteiger partial charge in [-0.3, -0.25) is 39.2 Å². The van der Waals surface area contributed by atoms with Crippen molar-refractivity contribution in [3.05, 3.63) is 83.3 Å². The van der Waals surface area contributed by atoms with Crippen molar-refractivity contribution >= 4 is 57.8 Å². The Balaban J connectivity index is 0.907. The normalized spacial score (nSPS) is 18.2. The van der Waals surface area contributed by atoms with E-state index in [9.17, 15) is 24.0 Å². The molecular formula is C37H37FN8O6. The number of nitrogens with zero attached hydrogens (tertiary/aromatic N) is 4. The molecule has 0 bridgehead atoms. The Morgan fingerprint density at radius 1 is 1.06 bits per heavy atom. The molecule has 52 heavy (non-hydrogen) atoms. The summed E-state index contributed by atoms with van der Waals surface area (Å²) in [6.07, 6.45) is 5.38. The maximum Gasteiger partial charge on any atom is 0.262 e. The van der Waals surface area contributed by atoms with E-state index in [1.807, 2.05) is 18.2 Å². The fourth-order valence-electron chi connectivity index (χ4n) is 6.32. The number of ether oxygens (including phenoxy) is 1. The topological polar surface area (TPSA) is 185 Å². The van der Waals surface area contributed by atoms with Gasteiger partial charge in [0.1, 0.15) is 23.8 Å². The number of alkyl halides is 1. The molecule has 3 aliphatic rings. The summed E-state index contributed by atoms with van der Waals surface area (Å²) in [5.74, 6) is -1.65. The number of amides is 5. The van der Waals surface area contributed by atoms with Crippen LogP contribution in [0.15, 0.2) is 61.1 Å². The van der Waals surface area contributed by atoms with Crippen molar-refractivity contribution in [3.8, 4) is 0 Å². The number of piperidine rings is 1. The first-order chi connectivity index (χ1) is 25.2. The molecule has 4 aromatic rings. The average molecular weight is 709 g/mol. The molecule has 3 atom stereocenters. The molecule has 7 rings (SSSR count). The summed E-state index contributed by atoms with van der Waals surface area (Å²) in [4.78, 5) is 77.6. The van der Waals surface area contributed by atoms with Gasteiger partial charge in [-0.05, 0) is 68.9 Å². The number of aromatic nitrogens is 3. The second kappa shape index (κ2) is 14.8. The van der Waals surface area contributed by atoms with E-state index in [1.165, 1.54) is 6.20 Å². The van der Waals surface area contributed by atoms with Crippen LogP contribution in [0.4, 0.5) is 21.7 Å². The number of aryl methyl sites for hydroxylation is 1. The Morgan fingerprint density at radius 2 is 1.90 bits per heavy atom. The second-order valence-electron chi connectivity index (χ2n) is 13.1. The van der Waals surface area contributed by atoms with Crippen LogP contribution in [0.25, 0.3) is 10.9 Å². The maximum atomic E-state index is 15.2. The Hall–Kier alpha value is -5.83. The molecule has 268 valence electrons. The highest BCUT2D eigenvalue weighted by Gasteiger charge is 2.45. The third-order valence-electron chi connectivity index (χ3n) is 9.32. The minimum absolute atomic E-state index is 0.0379. The first kappa shape index (κ1) is 34.6. The van der Waals surface area contributed by atoms with Crippen LogP contribution in [0, 0.1) is 0 Å². The molecule has 0 spiro atoms. The average Bonchev–Trinajstić information content (AvgIpc) is 3.92. The van der Waals surface area contributed by atoms with Crippen molar-refractivity contribution in [2.24, 2.45) is 0 Å². The van der Waals surface area contributed by atoms with Crippen LogP contribution in [0.3, 0.4) is 0 Å². The van der Waals surface area contributed by atoms with Crippen LogP contribution in [0.2, 0.25) is 0 Å². The summed E-state index contributed by atoms with van der Waals surface area (Å²) in [5, 5.41) is 12.3. The summed E-state index contributed by atoms with van der Waals surface area (Å²) in [7, 11) is 0. The first-order valence-corrected chi connectivity index (χ1v) is 17.3. The second-order valence-corrected chi connectivity index (χ2v) is 13.1. The lowest BCUT2D eigenvalue weighted by molar-refractivity contribution is -0.136. The smallest absolute Gasteiger partial charge is 0.262 e. The van der Waals surface area contributed by atoms with Gasteiger partial charge in [-0.15, -0.1) is 0 Å². The molecule has 1 aromatic carbocycles. The summed E-state index contributed by atoms with van der Waals surface area (Å²) in [6.45, 7) is 1.46. The lowest BCUT2D eigenvalue weighted by Gasteiger charge is -2.27. The molecule has 15 heteroatoms. The van der Waals surface area contributed by atoms with E-state index in [0.29, 0.717) is 35.7 Å². The van der Waals surface area contributed by atoms with E-state index in [0.717, 1.165) is 28.6 Å². The van der Waals surface area contributed by atoms with E-state index in [2.05, 4.69) is 36.2 Å². The monoisotopic (exact) mass is 708 g/mol. The molecule has 14 nitrogen and oxygen atoms in total. The van der Waals surface area contributed by atoms with E-state index in [4.69, 9.17) is 4.74 Å². The molecular weight excluding hydrogens is 671 g/mol. The molecule has 0 radical (unpaired) electrons. The zero-order valence-electron chi connectivity index (χ0n) is 28.4. The fourth-order valence-corrected chi connectivity index (χ4v) is 6.32. The lowest BCUT2D eigenvalue weighted by Crippen LogP contribution is -2.54. The molecule has 4 N–H and O–H groups in total. The number of nitrogens with one attached hydrogen (secondary N) is 4. The van der Waals surface area contributed by atoms with Crippen molar-refractivity contribution in [2.75, 3.05) is 23.8 Å². The van der Waals surface area contributed by atoms with Gasteiger partial charge in [-0.1, -0.05) is 12.1 Å². The Labute approximate surface area is 297 Å². The molecule has 5 heterocycles. The number of benzene rings is 1. The highest BCUT2D eigenvalue weighted by atomic mass is 19.1. The Morgan fingerprint density at radius 3 is 2.71 bits per heavy atom. The van der Waals surface area contributed by atoms with Crippen molar-refractivity contribution in [1.29, 1.82) is 0 Å². The molecule has 1 saturated carbocycles. The van der Waals surface area contributed by atoms with Crippen LogP contribution in [0.5, 0.6) is 0 Å². The summed E-state index contributed by atoms with van der Waals surface area (Å²) >= 11 is 0. The lowest BCUT2D eigenvalue weighted by atomic mass is 9.99. The van der Waals surface area contributed by atoms with Crippen molar-refractivity contribution in [2.45, 2.75) is 69.8 Å². The van der Waals surface area contributed by atoms with E-state index in [1.54, 1.807) is 43.6 Å². The number of pyridine rings is 3. The summed E-state index contributed by atoms with van der Waals surface area (Å²) < 4.78 is 20.9. The zero-order chi connectivity index (χ0) is 36.4. The maximum absolute atomic E-state index is 15.2. The van der Waals surface area contributed by atoms with Crippen molar-refractivity contribution < 1.29 is 33.1 Å². The minimum atomic E-state index is -1.51. The number of rotatable bonds is 14. The highest BCUT2D eigenvalue weighted by Crippen LogP contribution is 2.31. The van der Waals surface area contributed by atoms with Gasteiger partial charge in [-0.25, -0.2) is 14.4 Å². The third kappa shape index (κ3) is 7.44. The molecule has 2 aliphatic heterocycles. The summed E-state index contributed by atoms with van der Waals surface area (Å²) in [6, 6.07) is 11.4. The van der Waals surface area contributed by atoms with Gasteiger partial charge >= 0.3 is 0 Å². The Kier molecular flexibility index (Phi) is 9.85. The largest absolute Gasteiger partial charge is 0.382 e. The van der Waals surface area contributed by atoms with Crippen LogP contribution in [-0.4, -0.2) is 86.9 Å². The highest BCUT2D eigenvalue weighted by molar-refractivity contribution is 6.24. The molecule has 1 saturated heterocycles. The van der Waals surface area contributed by atoms with Crippen LogP contribution in [-0.2, 0) is 20.7 Å². The molecule has 5 amide bonds. The number of hydrogen-bond acceptors (Lipinski definition) is 11. The van der Waals surface area contributed by atoms with Gasteiger partial charge in [0, 0.05) is 49.1 Å². The molecule has 2 fully saturated rings. The number of anilines is 3. The number of fused-ring (bicyclic) bond motifs is 2. The minimum Gasteiger partial charge on any atom is -0.382 e. The molecule has 1 aliphatic carbocycles. The molecule has 3 unspecified atom stereocenters.